The van der Waals surface area contributed by atoms with Gasteiger partial charge < -0.3 is 19.9 Å². The van der Waals surface area contributed by atoms with Gasteiger partial charge in [0.1, 0.15) is 17.8 Å². The summed E-state index contributed by atoms with van der Waals surface area (Å²) in [5.74, 6) is -2.42. The lowest BCUT2D eigenvalue weighted by molar-refractivity contribution is -0.146. The van der Waals surface area contributed by atoms with E-state index in [0.717, 1.165) is 25.7 Å². The number of aliphatic hydroxyl groups excluding tert-OH is 1. The number of carbonyl (C=O) groups is 4. The van der Waals surface area contributed by atoms with Gasteiger partial charge in [0, 0.05) is 17.9 Å². The Morgan fingerprint density at radius 1 is 1.14 bits per heavy atom. The molecule has 16 heteroatoms. The molecule has 2 rings (SSSR count). The van der Waals surface area contributed by atoms with Crippen LogP contribution in [0.25, 0.3) is 10.4 Å². The first-order chi connectivity index (χ1) is 24.4. The zero-order valence-electron chi connectivity index (χ0n) is 29.0. The molecule has 1 aromatic carbocycles. The van der Waals surface area contributed by atoms with Crippen molar-refractivity contribution < 1.29 is 42.2 Å². The van der Waals surface area contributed by atoms with Crippen LogP contribution >= 0.6 is 0 Å². The fourth-order valence-electron chi connectivity index (χ4n) is 4.78. The third-order valence-corrected chi connectivity index (χ3v) is 9.61. The first-order valence-corrected chi connectivity index (χ1v) is 18.3. The van der Waals surface area contributed by atoms with Gasteiger partial charge in [-0.3, -0.25) is 9.59 Å². The summed E-state index contributed by atoms with van der Waals surface area (Å²) in [4.78, 5) is 51.5. The average Bonchev–Trinajstić information content (AvgIpc) is 3.39. The lowest BCUT2D eigenvalue weighted by atomic mass is 10.0. The van der Waals surface area contributed by atoms with Crippen molar-refractivity contribution in [2.45, 2.75) is 101 Å². The molecule has 0 radical (unpaired) electrons. The number of unbranched alkanes of at least 4 members (excludes halogenated alkanes) is 6. The second-order valence-electron chi connectivity index (χ2n) is 11.9. The maximum absolute atomic E-state index is 13.1. The van der Waals surface area contributed by atoms with Gasteiger partial charge in [0.2, 0.25) is 11.8 Å². The van der Waals surface area contributed by atoms with E-state index in [1.54, 1.807) is 31.2 Å². The maximum atomic E-state index is 13.1. The number of nitriles is 1. The number of hydrogen-bond donors (Lipinski definition) is 2. The van der Waals surface area contributed by atoms with Crippen LogP contribution in [-0.4, -0.2) is 73.0 Å². The highest BCUT2D eigenvalue weighted by atomic mass is 32.2. The summed E-state index contributed by atoms with van der Waals surface area (Å²) in [7, 11) is -4.32. The Balaban J connectivity index is 1.66. The fraction of sp³-hybridized carbons (Fsp3) is 0.514. The molecule has 1 heterocycles. The van der Waals surface area contributed by atoms with E-state index in [4.69, 9.17) is 20.3 Å². The third-order valence-electron chi connectivity index (χ3n) is 7.83. The molecule has 0 aromatic heterocycles. The highest BCUT2D eigenvalue weighted by Gasteiger charge is 2.35. The van der Waals surface area contributed by atoms with Gasteiger partial charge in [-0.25, -0.2) is 22.3 Å². The standard InChI is InChI=1S/C35H46N6O9S/c1-3-35(2)26-30(34(46)50-35)39-31(43)25-28(42)15-11-8-6-4-5-7-9-14-24-49-33(45)27-17-19-29(20-18-27)51(47,48)41(23-21-36)32(44)16-12-10-13-22-38-40-37/h6,8,11,15,17-20,26,28,42H,3-5,7,9-10,12-14,16,22-25H2,1-2H3,(H,39,43)/b8-6+,15-11-/t28-,35-/m0/s1. The SMILES string of the molecule is CC[C@@]1(C)C=C(NC(=O)C[C@@H](O)/C=C\C=C\CCCCCCOC(=O)c2ccc(S(=O)(=O)N(CC#N)C(=O)CCCCCN=[N+]=[N-])cc2)C(=O)O1. The molecule has 1 aliphatic rings. The summed E-state index contributed by atoms with van der Waals surface area (Å²) in [6.07, 6.45) is 13.2. The molecule has 51 heavy (non-hydrogen) atoms. The number of hydrogen-bond acceptors (Lipinski definition) is 11. The molecule has 1 aromatic rings. The first kappa shape index (κ1) is 42.2. The monoisotopic (exact) mass is 726 g/mol. The number of nitrogens with one attached hydrogen (secondary N) is 1. The number of ether oxygens (including phenoxy) is 2. The molecular formula is C35H46N6O9S. The molecule has 1 aliphatic heterocycles. The zero-order chi connectivity index (χ0) is 37.7. The van der Waals surface area contributed by atoms with Crippen molar-refractivity contribution in [2.75, 3.05) is 19.7 Å². The number of benzene rings is 1. The van der Waals surface area contributed by atoms with Crippen molar-refractivity contribution in [2.24, 2.45) is 5.11 Å². The molecule has 0 spiro atoms. The summed E-state index contributed by atoms with van der Waals surface area (Å²) in [6.45, 7) is 3.43. The number of aliphatic hydroxyl groups is 1. The minimum Gasteiger partial charge on any atom is -0.462 e. The number of carbonyl (C=O) groups excluding carboxylic acids is 4. The number of sulfonamides is 1. The Hall–Kier alpha value is -4.97. The molecule has 2 N–H and O–H groups in total. The lowest BCUT2D eigenvalue weighted by Crippen LogP contribution is -2.37. The predicted octanol–water partition coefficient (Wildman–Crippen LogP) is 5.29. The second kappa shape index (κ2) is 22.0. The van der Waals surface area contributed by atoms with Crippen LogP contribution < -0.4 is 5.32 Å². The van der Waals surface area contributed by atoms with Gasteiger partial charge in [0.25, 0.3) is 10.0 Å². The summed E-state index contributed by atoms with van der Waals surface area (Å²) >= 11 is 0. The normalized spacial score (nSPS) is 16.2. The van der Waals surface area contributed by atoms with E-state index in [2.05, 4.69) is 15.3 Å². The van der Waals surface area contributed by atoms with Crippen molar-refractivity contribution in [3.63, 3.8) is 0 Å². The number of esters is 2. The zero-order valence-corrected chi connectivity index (χ0v) is 29.8. The Morgan fingerprint density at radius 3 is 2.51 bits per heavy atom. The van der Waals surface area contributed by atoms with Crippen molar-refractivity contribution in [3.05, 3.63) is 76.3 Å². The predicted molar refractivity (Wildman–Crippen MR) is 187 cm³/mol. The van der Waals surface area contributed by atoms with Crippen LogP contribution in [0.2, 0.25) is 0 Å². The summed E-state index contributed by atoms with van der Waals surface area (Å²) < 4.78 is 37.2. The fourth-order valence-corrected chi connectivity index (χ4v) is 6.10. The van der Waals surface area contributed by atoms with Crippen LogP contribution in [-0.2, 0) is 33.9 Å². The first-order valence-electron chi connectivity index (χ1n) is 16.8. The van der Waals surface area contributed by atoms with Gasteiger partial charge in [0.05, 0.1) is 35.7 Å². The van der Waals surface area contributed by atoms with E-state index in [1.807, 2.05) is 13.0 Å². The van der Waals surface area contributed by atoms with Crippen molar-refractivity contribution in [1.82, 2.24) is 9.62 Å². The number of rotatable bonds is 23. The van der Waals surface area contributed by atoms with E-state index < -0.39 is 52.0 Å². The van der Waals surface area contributed by atoms with E-state index >= 15 is 0 Å². The molecule has 276 valence electrons. The molecule has 2 amide bonds. The number of nitrogens with zero attached hydrogens (tertiary/aromatic N) is 5. The molecule has 0 unspecified atom stereocenters. The molecular weight excluding hydrogens is 680 g/mol. The van der Waals surface area contributed by atoms with Crippen LogP contribution in [0.1, 0.15) is 94.8 Å². The Labute approximate surface area is 298 Å². The number of allylic oxidation sites excluding steroid dienone is 3. The van der Waals surface area contributed by atoms with E-state index in [0.29, 0.717) is 36.4 Å². The van der Waals surface area contributed by atoms with E-state index in [1.165, 1.54) is 30.3 Å². The van der Waals surface area contributed by atoms with Crippen LogP contribution in [0.5, 0.6) is 0 Å². The van der Waals surface area contributed by atoms with Crippen LogP contribution in [0.3, 0.4) is 0 Å². The van der Waals surface area contributed by atoms with E-state index in [-0.39, 0.29) is 42.1 Å². The molecule has 0 fully saturated rings. The maximum Gasteiger partial charge on any atom is 0.355 e. The molecule has 2 atom stereocenters. The topological polar surface area (TPSA) is 229 Å². The van der Waals surface area contributed by atoms with Gasteiger partial charge in [-0.05, 0) is 81.3 Å². The van der Waals surface area contributed by atoms with Crippen molar-refractivity contribution in [1.29, 1.82) is 5.26 Å². The minimum atomic E-state index is -4.32. The van der Waals surface area contributed by atoms with Crippen LogP contribution in [0, 0.1) is 11.3 Å². The molecule has 0 bridgehead atoms. The lowest BCUT2D eigenvalue weighted by Gasteiger charge is -2.20. The largest absolute Gasteiger partial charge is 0.462 e. The van der Waals surface area contributed by atoms with Crippen molar-refractivity contribution >= 4 is 33.8 Å². The van der Waals surface area contributed by atoms with Crippen molar-refractivity contribution in [3.8, 4) is 6.07 Å². The average molecular weight is 727 g/mol. The summed E-state index contributed by atoms with van der Waals surface area (Å²) in [6, 6.07) is 6.68. The second-order valence-corrected chi connectivity index (χ2v) is 13.8. The van der Waals surface area contributed by atoms with Gasteiger partial charge >= 0.3 is 11.9 Å². The molecule has 0 aliphatic carbocycles. The Morgan fingerprint density at radius 2 is 1.84 bits per heavy atom. The molecule has 0 saturated carbocycles. The number of cyclic esters (lactones) is 1. The van der Waals surface area contributed by atoms with Gasteiger partial charge in [-0.15, -0.1) is 0 Å². The minimum absolute atomic E-state index is 0.0844. The smallest absolute Gasteiger partial charge is 0.355 e. The summed E-state index contributed by atoms with van der Waals surface area (Å²) in [5, 5.41) is 25.1. The summed E-state index contributed by atoms with van der Waals surface area (Å²) in [5.41, 5.74) is 7.79. The Bertz CT molecular complexity index is 1640. The molecule has 15 nitrogen and oxygen atoms in total. The van der Waals surface area contributed by atoms with Gasteiger partial charge in [-0.1, -0.05) is 55.6 Å². The van der Waals surface area contributed by atoms with Crippen LogP contribution in [0.4, 0.5) is 0 Å². The quantitative estimate of drug-likeness (QED) is 0.0281. The number of azide groups is 1. The number of amides is 2. The van der Waals surface area contributed by atoms with E-state index in [9.17, 15) is 32.7 Å². The third kappa shape index (κ3) is 14.8. The van der Waals surface area contributed by atoms with Gasteiger partial charge in [0.15, 0.2) is 0 Å². The highest BCUT2D eigenvalue weighted by Crippen LogP contribution is 2.26. The highest BCUT2D eigenvalue weighted by molar-refractivity contribution is 7.89. The van der Waals surface area contributed by atoms with Crippen LogP contribution in [0.15, 0.2) is 70.4 Å². The Kier molecular flexibility index (Phi) is 18.2. The van der Waals surface area contributed by atoms with Gasteiger partial charge in [-0.2, -0.15) is 5.26 Å². The molecule has 0 saturated heterocycles.